The molecule has 2 rings (SSSR count). The van der Waals surface area contributed by atoms with Crippen LogP contribution in [0.3, 0.4) is 0 Å². The van der Waals surface area contributed by atoms with Crippen LogP contribution in [0.5, 0.6) is 0 Å². The molecule has 1 aromatic carbocycles. The van der Waals surface area contributed by atoms with E-state index in [1.54, 1.807) is 6.07 Å². The third-order valence-electron chi connectivity index (χ3n) is 3.53. The molecule has 1 fully saturated rings. The molecule has 1 atom stereocenters. The molecule has 0 aromatic heterocycles. The van der Waals surface area contributed by atoms with Crippen molar-refractivity contribution < 1.29 is 4.79 Å². The van der Waals surface area contributed by atoms with Crippen molar-refractivity contribution in [2.45, 2.75) is 31.7 Å². The molecule has 4 N–H and O–H groups in total. The molecule has 0 aliphatic carbocycles. The van der Waals surface area contributed by atoms with Gasteiger partial charge in [-0.15, -0.1) is 0 Å². The van der Waals surface area contributed by atoms with Crippen molar-refractivity contribution in [2.75, 3.05) is 18.0 Å². The zero-order valence-electron chi connectivity index (χ0n) is 10.6. The summed E-state index contributed by atoms with van der Waals surface area (Å²) >= 11 is 0. The van der Waals surface area contributed by atoms with Crippen LogP contribution < -0.4 is 16.4 Å². The zero-order chi connectivity index (χ0) is 13.0. The molecule has 4 heteroatoms. The minimum absolute atomic E-state index is 0.272. The maximum Gasteiger partial charge on any atom is 0.250 e. The van der Waals surface area contributed by atoms with E-state index in [2.05, 4.69) is 4.90 Å². The molecule has 1 amide bonds. The highest BCUT2D eigenvalue weighted by molar-refractivity contribution is 5.98. The number of hydrogen-bond donors (Lipinski definition) is 2. The minimum Gasteiger partial charge on any atom is -0.371 e. The highest BCUT2D eigenvalue weighted by Crippen LogP contribution is 2.22. The quantitative estimate of drug-likeness (QED) is 0.831. The normalized spacial score (nSPS) is 21.2. The Balaban J connectivity index is 2.20. The van der Waals surface area contributed by atoms with E-state index >= 15 is 0 Å². The lowest BCUT2D eigenvalue weighted by molar-refractivity contribution is 0.100. The topological polar surface area (TPSA) is 72.4 Å². The van der Waals surface area contributed by atoms with Gasteiger partial charge in [-0.25, -0.2) is 0 Å². The Morgan fingerprint density at radius 1 is 1.17 bits per heavy atom. The summed E-state index contributed by atoms with van der Waals surface area (Å²) in [6.45, 7) is 1.86. The molecule has 1 unspecified atom stereocenters. The average Bonchev–Trinajstić information content (AvgIpc) is 2.34. The van der Waals surface area contributed by atoms with E-state index in [9.17, 15) is 4.79 Å². The van der Waals surface area contributed by atoms with Crippen LogP contribution in [0.2, 0.25) is 0 Å². The molecule has 0 spiro atoms. The van der Waals surface area contributed by atoms with Crippen LogP contribution in [0.25, 0.3) is 0 Å². The second kappa shape index (κ2) is 5.87. The SMILES string of the molecule is NC(=O)c1ccccc1N1CCCCC(N)CC1. The third-order valence-corrected chi connectivity index (χ3v) is 3.53. The molecular formula is C14H21N3O. The Bertz CT molecular complexity index is 419. The predicted octanol–water partition coefficient (Wildman–Crippen LogP) is 1.49. The van der Waals surface area contributed by atoms with Gasteiger partial charge in [0.2, 0.25) is 0 Å². The number of primary amides is 1. The number of amides is 1. The molecule has 0 saturated carbocycles. The van der Waals surface area contributed by atoms with Crippen LogP contribution in [0, 0.1) is 0 Å². The van der Waals surface area contributed by atoms with Crippen LogP contribution >= 0.6 is 0 Å². The van der Waals surface area contributed by atoms with Gasteiger partial charge in [-0.3, -0.25) is 4.79 Å². The van der Waals surface area contributed by atoms with Crippen LogP contribution in [-0.2, 0) is 0 Å². The molecule has 0 bridgehead atoms. The van der Waals surface area contributed by atoms with Crippen LogP contribution in [-0.4, -0.2) is 25.0 Å². The summed E-state index contributed by atoms with van der Waals surface area (Å²) in [5.74, 6) is -0.364. The van der Waals surface area contributed by atoms with Gasteiger partial charge >= 0.3 is 0 Å². The highest BCUT2D eigenvalue weighted by Gasteiger charge is 2.17. The van der Waals surface area contributed by atoms with Gasteiger partial charge in [0, 0.05) is 24.8 Å². The lowest BCUT2D eigenvalue weighted by Gasteiger charge is -2.30. The lowest BCUT2D eigenvalue weighted by atomic mass is 10.0. The Kier molecular flexibility index (Phi) is 4.20. The first-order valence-electron chi connectivity index (χ1n) is 6.58. The van der Waals surface area contributed by atoms with Crippen molar-refractivity contribution in [3.8, 4) is 0 Å². The van der Waals surface area contributed by atoms with Crippen molar-refractivity contribution in [3.63, 3.8) is 0 Å². The van der Waals surface area contributed by atoms with Crippen LogP contribution in [0.4, 0.5) is 5.69 Å². The average molecular weight is 247 g/mol. The van der Waals surface area contributed by atoms with Gasteiger partial charge in [-0.1, -0.05) is 18.6 Å². The van der Waals surface area contributed by atoms with E-state index < -0.39 is 0 Å². The maximum atomic E-state index is 11.5. The lowest BCUT2D eigenvalue weighted by Crippen LogP contribution is -2.35. The Morgan fingerprint density at radius 3 is 2.72 bits per heavy atom. The van der Waals surface area contributed by atoms with Gasteiger partial charge in [-0.2, -0.15) is 0 Å². The van der Waals surface area contributed by atoms with Gasteiger partial charge in [0.05, 0.1) is 5.56 Å². The van der Waals surface area contributed by atoms with E-state index in [1.165, 1.54) is 0 Å². The number of carbonyl (C=O) groups is 1. The van der Waals surface area contributed by atoms with Crippen molar-refractivity contribution in [2.24, 2.45) is 11.5 Å². The number of nitrogens with zero attached hydrogens (tertiary/aromatic N) is 1. The second-order valence-corrected chi connectivity index (χ2v) is 4.91. The molecule has 1 aromatic rings. The molecule has 18 heavy (non-hydrogen) atoms. The summed E-state index contributed by atoms with van der Waals surface area (Å²) in [5, 5.41) is 0. The number of para-hydroxylation sites is 1. The largest absolute Gasteiger partial charge is 0.371 e. The first-order valence-corrected chi connectivity index (χ1v) is 6.58. The van der Waals surface area contributed by atoms with Crippen molar-refractivity contribution in [1.82, 2.24) is 0 Å². The molecule has 1 saturated heterocycles. The van der Waals surface area contributed by atoms with Crippen LogP contribution in [0.1, 0.15) is 36.0 Å². The number of benzene rings is 1. The summed E-state index contributed by atoms with van der Waals surface area (Å²) in [6.07, 6.45) is 4.33. The molecule has 1 heterocycles. The van der Waals surface area contributed by atoms with Gasteiger partial charge in [0.1, 0.15) is 0 Å². The fourth-order valence-corrected chi connectivity index (χ4v) is 2.49. The van der Waals surface area contributed by atoms with Crippen molar-refractivity contribution in [1.29, 1.82) is 0 Å². The summed E-state index contributed by atoms with van der Waals surface area (Å²) < 4.78 is 0. The highest BCUT2D eigenvalue weighted by atomic mass is 16.1. The first-order chi connectivity index (χ1) is 8.68. The zero-order valence-corrected chi connectivity index (χ0v) is 10.6. The van der Waals surface area contributed by atoms with Gasteiger partial charge in [0.25, 0.3) is 5.91 Å². The standard InChI is InChI=1S/C14H21N3O/c15-11-5-3-4-9-17(10-8-11)13-7-2-1-6-12(13)14(16)18/h1-2,6-7,11H,3-5,8-10,15H2,(H2,16,18). The van der Waals surface area contributed by atoms with E-state index in [1.807, 2.05) is 18.2 Å². The number of hydrogen-bond acceptors (Lipinski definition) is 3. The van der Waals surface area contributed by atoms with Crippen LogP contribution in [0.15, 0.2) is 24.3 Å². The van der Waals surface area contributed by atoms with Crippen molar-refractivity contribution in [3.05, 3.63) is 29.8 Å². The number of anilines is 1. The van der Waals surface area contributed by atoms with E-state index in [0.717, 1.165) is 44.5 Å². The van der Waals surface area contributed by atoms with Crippen molar-refractivity contribution >= 4 is 11.6 Å². The smallest absolute Gasteiger partial charge is 0.250 e. The first kappa shape index (κ1) is 12.9. The van der Waals surface area contributed by atoms with Gasteiger partial charge < -0.3 is 16.4 Å². The number of carbonyl (C=O) groups excluding carboxylic acids is 1. The third kappa shape index (κ3) is 3.01. The number of nitrogens with two attached hydrogens (primary N) is 2. The molecule has 1 aliphatic rings. The van der Waals surface area contributed by atoms with E-state index in [4.69, 9.17) is 11.5 Å². The summed E-state index contributed by atoms with van der Waals surface area (Å²) in [6, 6.07) is 7.82. The Labute approximate surface area is 108 Å². The van der Waals surface area contributed by atoms with E-state index in [0.29, 0.717) is 5.56 Å². The molecule has 98 valence electrons. The fourth-order valence-electron chi connectivity index (χ4n) is 2.49. The fraction of sp³-hybridized carbons (Fsp3) is 0.500. The molecular weight excluding hydrogens is 226 g/mol. The van der Waals surface area contributed by atoms with Gasteiger partial charge in [-0.05, 0) is 31.4 Å². The minimum atomic E-state index is -0.364. The Morgan fingerprint density at radius 2 is 1.94 bits per heavy atom. The second-order valence-electron chi connectivity index (χ2n) is 4.91. The van der Waals surface area contributed by atoms with E-state index in [-0.39, 0.29) is 11.9 Å². The molecule has 0 radical (unpaired) electrons. The molecule has 4 nitrogen and oxygen atoms in total. The Hall–Kier alpha value is -1.55. The summed E-state index contributed by atoms with van der Waals surface area (Å²) in [5.41, 5.74) is 13.0. The maximum absolute atomic E-state index is 11.5. The number of rotatable bonds is 2. The summed E-state index contributed by atoms with van der Waals surface area (Å²) in [7, 11) is 0. The predicted molar refractivity (Wildman–Crippen MR) is 73.6 cm³/mol. The van der Waals surface area contributed by atoms with Gasteiger partial charge in [0.15, 0.2) is 0 Å². The summed E-state index contributed by atoms with van der Waals surface area (Å²) in [4.78, 5) is 13.7. The monoisotopic (exact) mass is 247 g/mol. The molecule has 1 aliphatic heterocycles.